The number of nitro groups is 1. The highest BCUT2D eigenvalue weighted by molar-refractivity contribution is 4.92. The predicted molar refractivity (Wildman–Crippen MR) is 37.5 cm³/mol. The Hall–Kier alpha value is -2.33. The minimum Gasteiger partial charge on any atom is -0.596 e. The highest BCUT2D eigenvalue weighted by atomic mass is 16.7. The van der Waals surface area contributed by atoms with Crippen LogP contribution in [0.4, 0.5) is 5.95 Å². The van der Waals surface area contributed by atoms with Gasteiger partial charge in [-0.25, -0.2) is 0 Å². The Bertz CT molecular complexity index is 358. The zero-order valence-electron chi connectivity index (χ0n) is 6.97. The Labute approximate surface area is 76.3 Å². The van der Waals surface area contributed by atoms with E-state index in [1.807, 2.05) is 0 Å². The predicted octanol–water partition coefficient (Wildman–Crippen LogP) is -0.937. The molecule has 0 aliphatic carbocycles. The van der Waals surface area contributed by atoms with Crippen molar-refractivity contribution >= 4 is 5.95 Å². The molecule has 0 bridgehead atoms. The summed E-state index contributed by atoms with van der Waals surface area (Å²) in [6.07, 6.45) is 0. The molecule has 1 rings (SSSR count). The second-order valence-electron chi connectivity index (χ2n) is 1.98. The van der Waals surface area contributed by atoms with Crippen LogP contribution in [-0.4, -0.2) is 37.1 Å². The van der Waals surface area contributed by atoms with E-state index in [4.69, 9.17) is 0 Å². The molecule has 0 aliphatic rings. The first kappa shape index (κ1) is 9.76. The van der Waals surface area contributed by atoms with E-state index in [-0.39, 0.29) is 4.86 Å². The molecule has 76 valence electrons. The average molecular weight is 203 g/mol. The van der Waals surface area contributed by atoms with Crippen molar-refractivity contribution in [3.8, 4) is 0 Å². The van der Waals surface area contributed by atoms with Crippen LogP contribution in [0.2, 0.25) is 0 Å². The van der Waals surface area contributed by atoms with Crippen LogP contribution in [0.5, 0.6) is 0 Å². The van der Waals surface area contributed by atoms with Gasteiger partial charge in [0, 0.05) is 0 Å². The molecular formula is C3H5N7O4. The fourth-order valence-electron chi connectivity index (χ4n) is 0.593. The van der Waals surface area contributed by atoms with E-state index in [1.165, 1.54) is 7.11 Å². The van der Waals surface area contributed by atoms with Crippen LogP contribution < -0.4 is 0 Å². The summed E-state index contributed by atoms with van der Waals surface area (Å²) < 4.78 is 0. The molecule has 11 nitrogen and oxygen atoms in total. The zero-order chi connectivity index (χ0) is 10.6. The van der Waals surface area contributed by atoms with Crippen molar-refractivity contribution in [3.05, 3.63) is 15.3 Å². The fraction of sp³-hybridized carbons (Fsp3) is 0.667. The number of hydroxylamine groups is 1. The molecule has 0 atom stereocenters. The van der Waals surface area contributed by atoms with Gasteiger partial charge in [0.2, 0.25) is 5.28 Å². The van der Waals surface area contributed by atoms with Gasteiger partial charge in [-0.3, -0.25) is 0 Å². The molecule has 0 fully saturated rings. The van der Waals surface area contributed by atoms with Gasteiger partial charge in [-0.15, -0.1) is 0 Å². The molecule has 14 heavy (non-hydrogen) atoms. The summed E-state index contributed by atoms with van der Waals surface area (Å²) in [5.74, 6) is -0.684. The maximum atomic E-state index is 10.7. The van der Waals surface area contributed by atoms with Gasteiger partial charge in [-0.2, -0.15) is 0 Å². The van der Waals surface area contributed by atoms with Crippen molar-refractivity contribution in [3.63, 3.8) is 0 Å². The number of hydrogen-bond acceptors (Lipinski definition) is 8. The third-order valence-electron chi connectivity index (χ3n) is 1.03. The summed E-state index contributed by atoms with van der Waals surface area (Å²) in [5.41, 5.74) is 0. The molecule has 1 heterocycles. The Kier molecular flexibility index (Phi) is 2.83. The maximum absolute atomic E-state index is 10.7. The quantitative estimate of drug-likeness (QED) is 0.266. The molecule has 0 amide bonds. The van der Waals surface area contributed by atoms with Crippen molar-refractivity contribution in [1.82, 2.24) is 20.2 Å². The summed E-state index contributed by atoms with van der Waals surface area (Å²) >= 11 is 0. The van der Waals surface area contributed by atoms with E-state index >= 15 is 0 Å². The largest absolute Gasteiger partial charge is 0.596 e. The third kappa shape index (κ3) is 2.33. The summed E-state index contributed by atoms with van der Waals surface area (Å²) in [6.45, 7) is -0.436. The molecule has 0 unspecified atom stereocenters. The lowest BCUT2D eigenvalue weighted by Gasteiger charge is -1.93. The van der Waals surface area contributed by atoms with Gasteiger partial charge in [0.25, 0.3) is 0 Å². The van der Waals surface area contributed by atoms with E-state index in [0.717, 1.165) is 0 Å². The average Bonchev–Trinajstić information content (AvgIpc) is 2.53. The highest BCUT2D eigenvalue weighted by Gasteiger charge is 2.17. The lowest BCUT2D eigenvalue weighted by molar-refractivity contribution is -0.589. The topological polar surface area (TPSA) is 134 Å². The van der Waals surface area contributed by atoms with E-state index in [0.29, 0.717) is 4.80 Å². The standard InChI is InChI=1S/C3H5N7O4/c1-14-7-9(11)2-8-5-3(4-6-8)10(12)13/h2H2,1H3. The molecule has 0 aliphatic heterocycles. The molecule has 1 aromatic rings. The fourth-order valence-corrected chi connectivity index (χ4v) is 0.593. The minimum absolute atomic E-state index is 0.103. The molecule has 0 saturated carbocycles. The van der Waals surface area contributed by atoms with Crippen molar-refractivity contribution in [2.45, 2.75) is 6.67 Å². The first-order chi connectivity index (χ1) is 6.63. The molecule has 0 radical (unpaired) electrons. The van der Waals surface area contributed by atoms with Gasteiger partial charge in [-0.05, 0) is 14.6 Å². The van der Waals surface area contributed by atoms with E-state index in [2.05, 4.69) is 25.5 Å². The van der Waals surface area contributed by atoms with Gasteiger partial charge >= 0.3 is 12.6 Å². The molecule has 0 aromatic carbocycles. The number of hydrogen-bond donors (Lipinski definition) is 0. The monoisotopic (exact) mass is 203 g/mol. The highest BCUT2D eigenvalue weighted by Crippen LogP contribution is 1.96. The number of aromatic nitrogens is 4. The van der Waals surface area contributed by atoms with E-state index in [1.54, 1.807) is 0 Å². The van der Waals surface area contributed by atoms with Crippen LogP contribution in [-0.2, 0) is 11.5 Å². The van der Waals surface area contributed by atoms with Gasteiger partial charge < -0.3 is 20.2 Å². The van der Waals surface area contributed by atoms with Gasteiger partial charge in [0.1, 0.15) is 7.11 Å². The molecule has 11 heteroatoms. The Balaban J connectivity index is 2.69. The number of tetrazole rings is 1. The zero-order valence-corrected chi connectivity index (χ0v) is 6.97. The van der Waals surface area contributed by atoms with Crippen molar-refractivity contribution in [2.24, 2.45) is 5.28 Å². The lowest BCUT2D eigenvalue weighted by Crippen LogP contribution is -2.12. The molecule has 0 spiro atoms. The normalized spacial score (nSPS) is 11.4. The molecule has 1 aromatic heterocycles. The number of rotatable bonds is 4. The third-order valence-corrected chi connectivity index (χ3v) is 1.03. The van der Waals surface area contributed by atoms with E-state index in [9.17, 15) is 15.3 Å². The summed E-state index contributed by atoms with van der Waals surface area (Å²) in [5, 5.41) is 33.4. The van der Waals surface area contributed by atoms with Crippen molar-refractivity contribution < 1.29 is 14.6 Å². The Morgan fingerprint density at radius 1 is 1.64 bits per heavy atom. The molecule has 0 N–H and O–H groups in total. The maximum Gasteiger partial charge on any atom is 0.514 e. The summed E-state index contributed by atoms with van der Waals surface area (Å²) in [4.78, 5) is 14.2. The smallest absolute Gasteiger partial charge is 0.514 e. The van der Waals surface area contributed by atoms with Crippen LogP contribution >= 0.6 is 0 Å². The first-order valence-electron chi connectivity index (χ1n) is 3.24. The second kappa shape index (κ2) is 4.06. The van der Waals surface area contributed by atoms with Crippen LogP contribution in [0.25, 0.3) is 0 Å². The minimum atomic E-state index is -0.827. The second-order valence-corrected chi connectivity index (χ2v) is 1.98. The number of nitrogens with zero attached hydrogens (tertiary/aromatic N) is 7. The molecular weight excluding hydrogens is 198 g/mol. The van der Waals surface area contributed by atoms with Gasteiger partial charge in [-0.1, -0.05) is 0 Å². The van der Waals surface area contributed by atoms with E-state index < -0.39 is 17.5 Å². The molecule has 0 saturated heterocycles. The Morgan fingerprint density at radius 2 is 2.36 bits per heavy atom. The summed E-state index contributed by atoms with van der Waals surface area (Å²) in [6, 6.07) is 0. The van der Waals surface area contributed by atoms with Crippen LogP contribution in [0.15, 0.2) is 5.28 Å². The van der Waals surface area contributed by atoms with Crippen LogP contribution in [0, 0.1) is 15.3 Å². The summed E-state index contributed by atoms with van der Waals surface area (Å²) in [7, 11) is 1.18. The Morgan fingerprint density at radius 3 is 2.86 bits per heavy atom. The lowest BCUT2D eigenvalue weighted by atomic mass is 11.1. The van der Waals surface area contributed by atoms with Gasteiger partial charge in [0.15, 0.2) is 0 Å². The van der Waals surface area contributed by atoms with Crippen molar-refractivity contribution in [1.29, 1.82) is 0 Å². The van der Waals surface area contributed by atoms with Gasteiger partial charge in [0.05, 0.1) is 15.4 Å². The SMILES string of the molecule is CON=[N+]([O-])Cn1nnc([N+](=O)[O-])n1. The van der Waals surface area contributed by atoms with Crippen LogP contribution in [0.3, 0.4) is 0 Å². The van der Waals surface area contributed by atoms with Crippen molar-refractivity contribution in [2.75, 3.05) is 7.11 Å². The first-order valence-corrected chi connectivity index (χ1v) is 3.24. The van der Waals surface area contributed by atoms with Crippen LogP contribution in [0.1, 0.15) is 0 Å².